The van der Waals surface area contributed by atoms with Crippen molar-refractivity contribution in [2.24, 2.45) is 5.92 Å². The van der Waals surface area contributed by atoms with E-state index in [4.69, 9.17) is 11.6 Å². The van der Waals surface area contributed by atoms with E-state index in [1.165, 1.54) is 42.6 Å². The lowest BCUT2D eigenvalue weighted by Gasteiger charge is -2.40. The van der Waals surface area contributed by atoms with Crippen LogP contribution in [0.1, 0.15) is 36.3 Å². The van der Waals surface area contributed by atoms with E-state index in [0.29, 0.717) is 12.0 Å². The zero-order chi connectivity index (χ0) is 16.7. The number of hydrogen-bond acceptors (Lipinski definition) is 2. The summed E-state index contributed by atoms with van der Waals surface area (Å²) in [5.74, 6) is 1.27. The second-order valence-electron chi connectivity index (χ2n) is 7.40. The molecule has 2 aliphatic heterocycles. The molecule has 0 spiro atoms. The van der Waals surface area contributed by atoms with Gasteiger partial charge < -0.3 is 10.2 Å². The molecule has 4 rings (SSSR count). The van der Waals surface area contributed by atoms with Gasteiger partial charge in [0.05, 0.1) is 6.04 Å². The summed E-state index contributed by atoms with van der Waals surface area (Å²) in [6, 6.07) is 6.98. The van der Waals surface area contributed by atoms with E-state index < -0.39 is 0 Å². The molecular formula is C20H24BrClN2. The Labute approximate surface area is 158 Å². The topological polar surface area (TPSA) is 15.3 Å². The number of likely N-dealkylation sites (tertiary alicyclic amines) is 1. The maximum absolute atomic E-state index is 6.30. The summed E-state index contributed by atoms with van der Waals surface area (Å²) in [5.41, 5.74) is 4.49. The van der Waals surface area contributed by atoms with Gasteiger partial charge in [0, 0.05) is 21.6 Å². The predicted molar refractivity (Wildman–Crippen MR) is 105 cm³/mol. The van der Waals surface area contributed by atoms with Crippen molar-refractivity contribution < 1.29 is 0 Å². The van der Waals surface area contributed by atoms with Gasteiger partial charge >= 0.3 is 0 Å². The SMILES string of the molecule is CN1CCC(C2c3ccc(Cl)cc3CCC3=CC(Br)=CNC32)CC1. The number of halogens is 2. The maximum Gasteiger partial charge on any atom is 0.0543 e. The average molecular weight is 408 g/mol. The van der Waals surface area contributed by atoms with Crippen LogP contribution in [-0.2, 0) is 6.42 Å². The highest BCUT2D eigenvalue weighted by Gasteiger charge is 2.37. The second kappa shape index (κ2) is 6.86. The van der Waals surface area contributed by atoms with Crippen LogP contribution in [0.4, 0.5) is 0 Å². The highest BCUT2D eigenvalue weighted by molar-refractivity contribution is 9.11. The first kappa shape index (κ1) is 16.7. The minimum atomic E-state index is 0.419. The van der Waals surface area contributed by atoms with Crippen LogP contribution < -0.4 is 5.32 Å². The highest BCUT2D eigenvalue weighted by atomic mass is 79.9. The molecule has 0 radical (unpaired) electrons. The Morgan fingerprint density at radius 1 is 1.21 bits per heavy atom. The summed E-state index contributed by atoms with van der Waals surface area (Å²) in [4.78, 5) is 2.46. The second-order valence-corrected chi connectivity index (χ2v) is 8.75. The summed E-state index contributed by atoms with van der Waals surface area (Å²) in [6.45, 7) is 2.41. The van der Waals surface area contributed by atoms with Crippen molar-refractivity contribution in [3.8, 4) is 0 Å². The van der Waals surface area contributed by atoms with Crippen LogP contribution >= 0.6 is 27.5 Å². The Morgan fingerprint density at radius 2 is 2.00 bits per heavy atom. The number of rotatable bonds is 1. The van der Waals surface area contributed by atoms with Crippen molar-refractivity contribution >= 4 is 27.5 Å². The van der Waals surface area contributed by atoms with E-state index in [1.54, 1.807) is 0 Å². The van der Waals surface area contributed by atoms with E-state index in [1.807, 2.05) is 0 Å². The quantitative estimate of drug-likeness (QED) is 0.716. The predicted octanol–water partition coefficient (Wildman–Crippen LogP) is 4.85. The molecule has 2 heterocycles. The lowest BCUT2D eigenvalue weighted by molar-refractivity contribution is 0.187. The van der Waals surface area contributed by atoms with Crippen LogP contribution in [0.25, 0.3) is 0 Å². The first-order chi connectivity index (χ1) is 11.6. The minimum Gasteiger partial charge on any atom is -0.383 e. The number of dihydropyridines is 1. The zero-order valence-electron chi connectivity index (χ0n) is 14.1. The zero-order valence-corrected chi connectivity index (χ0v) is 16.4. The molecular weight excluding hydrogens is 384 g/mol. The lowest BCUT2D eigenvalue weighted by Crippen LogP contribution is -2.42. The molecule has 1 aromatic rings. The number of benzene rings is 1. The number of piperidine rings is 1. The van der Waals surface area contributed by atoms with Gasteiger partial charge in [0.25, 0.3) is 0 Å². The van der Waals surface area contributed by atoms with Gasteiger partial charge in [0.2, 0.25) is 0 Å². The van der Waals surface area contributed by atoms with Gasteiger partial charge in [-0.2, -0.15) is 0 Å². The molecule has 0 saturated carbocycles. The third-order valence-corrected chi connectivity index (χ3v) is 6.59. The standard InChI is InChI=1S/C20H24BrClN2/c1-24-8-6-13(7-9-24)19-18-5-4-17(22)11-14(18)2-3-15-10-16(21)12-23-20(15)19/h4-5,10-13,19-20,23H,2-3,6-9H2,1H3. The third-order valence-electron chi connectivity index (χ3n) is 5.90. The van der Waals surface area contributed by atoms with Crippen molar-refractivity contribution in [1.82, 2.24) is 10.2 Å². The van der Waals surface area contributed by atoms with Gasteiger partial charge in [-0.1, -0.05) is 17.7 Å². The maximum atomic E-state index is 6.30. The van der Waals surface area contributed by atoms with Gasteiger partial charge in [-0.05, 0) is 103 Å². The summed E-state index contributed by atoms with van der Waals surface area (Å²) in [5, 5.41) is 4.56. The van der Waals surface area contributed by atoms with Crippen molar-refractivity contribution in [3.63, 3.8) is 0 Å². The molecule has 2 nitrogen and oxygen atoms in total. The fourth-order valence-corrected chi connectivity index (χ4v) is 5.26. The van der Waals surface area contributed by atoms with Gasteiger partial charge in [-0.3, -0.25) is 0 Å². The third kappa shape index (κ3) is 3.18. The number of hydrogen-bond donors (Lipinski definition) is 1. The van der Waals surface area contributed by atoms with Gasteiger partial charge in [-0.25, -0.2) is 0 Å². The van der Waals surface area contributed by atoms with E-state index in [2.05, 4.69) is 63.7 Å². The van der Waals surface area contributed by atoms with Crippen molar-refractivity contribution in [2.45, 2.75) is 37.6 Å². The summed E-state index contributed by atoms with van der Waals surface area (Å²) >= 11 is 9.94. The molecule has 1 aliphatic carbocycles. The molecule has 0 aromatic heterocycles. The van der Waals surface area contributed by atoms with Crippen LogP contribution in [0.3, 0.4) is 0 Å². The smallest absolute Gasteiger partial charge is 0.0543 e. The van der Waals surface area contributed by atoms with Crippen LogP contribution in [-0.4, -0.2) is 31.1 Å². The fourth-order valence-electron chi connectivity index (χ4n) is 4.64. The monoisotopic (exact) mass is 406 g/mol. The molecule has 0 bridgehead atoms. The Bertz CT molecular complexity index is 689. The van der Waals surface area contributed by atoms with Crippen LogP contribution in [0.2, 0.25) is 5.02 Å². The molecule has 0 amide bonds. The molecule has 4 heteroatoms. The van der Waals surface area contributed by atoms with E-state index in [0.717, 1.165) is 28.3 Å². The first-order valence-corrected chi connectivity index (χ1v) is 10.1. The molecule has 1 fully saturated rings. The fraction of sp³-hybridized carbons (Fsp3) is 0.500. The van der Waals surface area contributed by atoms with Crippen molar-refractivity contribution in [2.75, 3.05) is 20.1 Å². The molecule has 1 N–H and O–H groups in total. The Kier molecular flexibility index (Phi) is 4.77. The molecule has 2 atom stereocenters. The first-order valence-electron chi connectivity index (χ1n) is 8.91. The summed E-state index contributed by atoms with van der Waals surface area (Å²) in [6.07, 6.45) is 9.20. The molecule has 1 aromatic carbocycles. The number of fused-ring (bicyclic) bond motifs is 2. The van der Waals surface area contributed by atoms with Gasteiger partial charge in [-0.15, -0.1) is 0 Å². The molecule has 2 unspecified atom stereocenters. The van der Waals surface area contributed by atoms with Crippen molar-refractivity contribution in [1.29, 1.82) is 0 Å². The Balaban J connectivity index is 1.75. The Morgan fingerprint density at radius 3 is 2.79 bits per heavy atom. The summed E-state index contributed by atoms with van der Waals surface area (Å²) < 4.78 is 1.15. The van der Waals surface area contributed by atoms with Crippen LogP contribution in [0.15, 0.2) is 40.5 Å². The normalized spacial score (nSPS) is 28.1. The number of nitrogens with zero attached hydrogens (tertiary/aromatic N) is 1. The summed E-state index contributed by atoms with van der Waals surface area (Å²) in [7, 11) is 2.24. The average Bonchev–Trinajstić information content (AvgIpc) is 2.72. The largest absolute Gasteiger partial charge is 0.383 e. The lowest BCUT2D eigenvalue weighted by atomic mass is 9.73. The number of allylic oxidation sites excluding steroid dienone is 2. The van der Waals surface area contributed by atoms with Crippen LogP contribution in [0, 0.1) is 5.92 Å². The minimum absolute atomic E-state index is 0.419. The Hall–Kier alpha value is -0.770. The van der Waals surface area contributed by atoms with E-state index in [9.17, 15) is 0 Å². The number of aryl methyl sites for hydroxylation is 1. The van der Waals surface area contributed by atoms with Gasteiger partial charge in [0.1, 0.15) is 0 Å². The molecule has 3 aliphatic rings. The van der Waals surface area contributed by atoms with E-state index >= 15 is 0 Å². The van der Waals surface area contributed by atoms with E-state index in [-0.39, 0.29) is 0 Å². The van der Waals surface area contributed by atoms with Crippen molar-refractivity contribution in [3.05, 3.63) is 56.7 Å². The highest BCUT2D eigenvalue weighted by Crippen LogP contribution is 2.44. The molecule has 1 saturated heterocycles. The number of nitrogens with one attached hydrogen (secondary N) is 1. The van der Waals surface area contributed by atoms with Gasteiger partial charge in [0.15, 0.2) is 0 Å². The molecule has 24 heavy (non-hydrogen) atoms. The van der Waals surface area contributed by atoms with Crippen LogP contribution in [0.5, 0.6) is 0 Å². The molecule has 128 valence electrons.